The Kier molecular flexibility index (Phi) is 7.15. The van der Waals surface area contributed by atoms with Gasteiger partial charge in [-0.25, -0.2) is 0 Å². The highest BCUT2D eigenvalue weighted by Crippen LogP contribution is 2.30. The third kappa shape index (κ3) is 5.15. The summed E-state index contributed by atoms with van der Waals surface area (Å²) in [7, 11) is 1.66. The van der Waals surface area contributed by atoms with Gasteiger partial charge in [0, 0.05) is 43.9 Å². The molecule has 4 rings (SSSR count). The second-order valence-electron chi connectivity index (χ2n) is 7.46. The largest absolute Gasteiger partial charge is 0.488 e. The van der Waals surface area contributed by atoms with Crippen molar-refractivity contribution in [3.63, 3.8) is 0 Å². The molecule has 0 saturated heterocycles. The van der Waals surface area contributed by atoms with Crippen molar-refractivity contribution in [2.75, 3.05) is 20.3 Å². The fourth-order valence-electron chi connectivity index (χ4n) is 3.67. The van der Waals surface area contributed by atoms with Crippen LogP contribution in [0.5, 0.6) is 5.75 Å². The standard InChI is InChI=1S/C26H27N3O3/c1-31-17-16-29-23-11-7-12-25(32-19-20-8-3-2-4-9-20)22(23)18-24(29)26(30)28-15-13-21-10-5-6-14-27-21/h2-12,14,18H,13,15-17,19H2,1H3,(H,28,30). The third-order valence-corrected chi connectivity index (χ3v) is 5.29. The van der Waals surface area contributed by atoms with Crippen LogP contribution in [0.4, 0.5) is 0 Å². The van der Waals surface area contributed by atoms with Gasteiger partial charge in [0.25, 0.3) is 5.91 Å². The predicted octanol–water partition coefficient (Wildman–Crippen LogP) is 4.23. The maximum atomic E-state index is 13.0. The topological polar surface area (TPSA) is 65.4 Å². The number of aromatic nitrogens is 2. The minimum absolute atomic E-state index is 0.123. The summed E-state index contributed by atoms with van der Waals surface area (Å²) in [6.07, 6.45) is 2.44. The summed E-state index contributed by atoms with van der Waals surface area (Å²) in [5.41, 5.74) is 3.58. The molecule has 2 heterocycles. The Balaban J connectivity index is 1.55. The number of hydrogen-bond donors (Lipinski definition) is 1. The highest BCUT2D eigenvalue weighted by molar-refractivity contribution is 6.00. The number of pyridine rings is 1. The number of ether oxygens (including phenoxy) is 2. The number of rotatable bonds is 10. The van der Waals surface area contributed by atoms with Crippen molar-refractivity contribution in [2.45, 2.75) is 19.6 Å². The summed E-state index contributed by atoms with van der Waals surface area (Å²) in [5, 5.41) is 3.93. The molecule has 0 spiro atoms. The number of carbonyl (C=O) groups excluding carboxylic acids is 1. The number of methoxy groups -OCH3 is 1. The Morgan fingerprint density at radius 2 is 1.88 bits per heavy atom. The Morgan fingerprint density at radius 1 is 1.03 bits per heavy atom. The smallest absolute Gasteiger partial charge is 0.267 e. The fourth-order valence-corrected chi connectivity index (χ4v) is 3.67. The highest BCUT2D eigenvalue weighted by Gasteiger charge is 2.18. The fraction of sp³-hybridized carbons (Fsp3) is 0.231. The first-order valence-corrected chi connectivity index (χ1v) is 10.7. The Morgan fingerprint density at radius 3 is 2.66 bits per heavy atom. The summed E-state index contributed by atoms with van der Waals surface area (Å²) >= 11 is 0. The van der Waals surface area contributed by atoms with Crippen molar-refractivity contribution in [1.29, 1.82) is 0 Å². The van der Waals surface area contributed by atoms with Gasteiger partial charge in [-0.05, 0) is 35.9 Å². The predicted molar refractivity (Wildman–Crippen MR) is 125 cm³/mol. The third-order valence-electron chi connectivity index (χ3n) is 5.29. The van der Waals surface area contributed by atoms with Crippen LogP contribution >= 0.6 is 0 Å². The molecule has 0 atom stereocenters. The SMILES string of the molecule is COCCn1c(C(=O)NCCc2ccccn2)cc2c(OCc3ccccc3)cccc21. The van der Waals surface area contributed by atoms with E-state index in [0.29, 0.717) is 38.4 Å². The number of benzene rings is 2. The quantitative estimate of drug-likeness (QED) is 0.410. The molecular formula is C26H27N3O3. The van der Waals surface area contributed by atoms with E-state index in [1.165, 1.54) is 0 Å². The Hall–Kier alpha value is -3.64. The Bertz CT molecular complexity index is 1160. The second kappa shape index (κ2) is 10.6. The first-order chi connectivity index (χ1) is 15.8. The van der Waals surface area contributed by atoms with E-state index in [4.69, 9.17) is 9.47 Å². The lowest BCUT2D eigenvalue weighted by Gasteiger charge is -2.11. The number of carbonyl (C=O) groups is 1. The number of fused-ring (bicyclic) bond motifs is 1. The summed E-state index contributed by atoms with van der Waals surface area (Å²) in [6, 6.07) is 23.6. The molecule has 0 aliphatic carbocycles. The minimum Gasteiger partial charge on any atom is -0.488 e. The number of hydrogen-bond acceptors (Lipinski definition) is 4. The van der Waals surface area contributed by atoms with Crippen LogP contribution in [0.2, 0.25) is 0 Å². The molecule has 6 heteroatoms. The molecule has 32 heavy (non-hydrogen) atoms. The van der Waals surface area contributed by atoms with E-state index < -0.39 is 0 Å². The zero-order valence-electron chi connectivity index (χ0n) is 18.2. The van der Waals surface area contributed by atoms with Gasteiger partial charge in [-0.1, -0.05) is 42.5 Å². The average molecular weight is 430 g/mol. The van der Waals surface area contributed by atoms with Crippen LogP contribution in [0, 0.1) is 0 Å². The first-order valence-electron chi connectivity index (χ1n) is 10.7. The van der Waals surface area contributed by atoms with Crippen LogP contribution in [0.25, 0.3) is 10.9 Å². The van der Waals surface area contributed by atoms with Gasteiger partial charge in [0.2, 0.25) is 0 Å². The summed E-state index contributed by atoms with van der Waals surface area (Å²) in [6.45, 7) is 2.06. The molecule has 2 aromatic carbocycles. The van der Waals surface area contributed by atoms with Gasteiger partial charge in [-0.3, -0.25) is 9.78 Å². The van der Waals surface area contributed by atoms with Gasteiger partial charge < -0.3 is 19.4 Å². The Labute approximate surface area is 187 Å². The number of nitrogens with one attached hydrogen (secondary N) is 1. The van der Waals surface area contributed by atoms with Crippen LogP contribution in [0.1, 0.15) is 21.7 Å². The number of amides is 1. The lowest BCUT2D eigenvalue weighted by molar-refractivity contribution is 0.0942. The summed E-state index contributed by atoms with van der Waals surface area (Å²) < 4.78 is 13.4. The average Bonchev–Trinajstić information content (AvgIpc) is 3.22. The van der Waals surface area contributed by atoms with Gasteiger partial charge in [0.15, 0.2) is 0 Å². The van der Waals surface area contributed by atoms with Crippen molar-refractivity contribution < 1.29 is 14.3 Å². The molecule has 1 N–H and O–H groups in total. The zero-order valence-corrected chi connectivity index (χ0v) is 18.2. The van der Waals surface area contributed by atoms with E-state index in [1.54, 1.807) is 13.3 Å². The molecule has 0 unspecified atom stereocenters. The summed E-state index contributed by atoms with van der Waals surface area (Å²) in [4.78, 5) is 17.4. The molecule has 0 aliphatic heterocycles. The molecule has 1 amide bonds. The van der Waals surface area contributed by atoms with Crippen LogP contribution in [0.3, 0.4) is 0 Å². The van der Waals surface area contributed by atoms with Crippen LogP contribution in [0.15, 0.2) is 79.0 Å². The molecule has 4 aromatic rings. The molecule has 0 fully saturated rings. The monoisotopic (exact) mass is 429 g/mol. The highest BCUT2D eigenvalue weighted by atomic mass is 16.5. The van der Waals surface area contributed by atoms with Gasteiger partial charge in [0.05, 0.1) is 12.1 Å². The van der Waals surface area contributed by atoms with Crippen molar-refractivity contribution in [3.05, 3.63) is 95.9 Å². The zero-order chi connectivity index (χ0) is 22.2. The molecule has 0 aliphatic rings. The molecule has 0 saturated carbocycles. The van der Waals surface area contributed by atoms with E-state index in [1.807, 2.05) is 77.4 Å². The minimum atomic E-state index is -0.123. The number of nitrogens with zero attached hydrogens (tertiary/aromatic N) is 2. The van der Waals surface area contributed by atoms with Crippen LogP contribution < -0.4 is 10.1 Å². The lowest BCUT2D eigenvalue weighted by Crippen LogP contribution is -2.28. The summed E-state index contributed by atoms with van der Waals surface area (Å²) in [5.74, 6) is 0.632. The molecule has 0 bridgehead atoms. The normalized spacial score (nSPS) is 10.9. The molecule has 6 nitrogen and oxygen atoms in total. The molecule has 164 valence electrons. The van der Waals surface area contributed by atoms with E-state index in [9.17, 15) is 4.79 Å². The van der Waals surface area contributed by atoms with Crippen LogP contribution in [-0.2, 0) is 24.3 Å². The molecule has 0 radical (unpaired) electrons. The van der Waals surface area contributed by atoms with Gasteiger partial charge in [0.1, 0.15) is 18.1 Å². The van der Waals surface area contributed by atoms with E-state index >= 15 is 0 Å². The van der Waals surface area contributed by atoms with Gasteiger partial charge in [-0.2, -0.15) is 0 Å². The lowest BCUT2D eigenvalue weighted by atomic mass is 10.2. The van der Waals surface area contributed by atoms with E-state index in [0.717, 1.165) is 27.9 Å². The van der Waals surface area contributed by atoms with Crippen LogP contribution in [-0.4, -0.2) is 35.7 Å². The maximum absolute atomic E-state index is 13.0. The second-order valence-corrected chi connectivity index (χ2v) is 7.46. The maximum Gasteiger partial charge on any atom is 0.267 e. The van der Waals surface area contributed by atoms with Crippen molar-refractivity contribution >= 4 is 16.8 Å². The first kappa shape index (κ1) is 21.6. The van der Waals surface area contributed by atoms with E-state index in [-0.39, 0.29) is 5.91 Å². The van der Waals surface area contributed by atoms with E-state index in [2.05, 4.69) is 10.3 Å². The van der Waals surface area contributed by atoms with Crippen molar-refractivity contribution in [1.82, 2.24) is 14.9 Å². The molecular weight excluding hydrogens is 402 g/mol. The van der Waals surface area contributed by atoms with Crippen molar-refractivity contribution in [3.8, 4) is 5.75 Å². The van der Waals surface area contributed by atoms with Gasteiger partial charge >= 0.3 is 0 Å². The van der Waals surface area contributed by atoms with Crippen molar-refractivity contribution in [2.24, 2.45) is 0 Å². The van der Waals surface area contributed by atoms with Gasteiger partial charge in [-0.15, -0.1) is 0 Å². The molecule has 2 aromatic heterocycles.